The van der Waals surface area contributed by atoms with Gasteiger partial charge in [-0.2, -0.15) is 13.2 Å². The normalized spacial score (nSPS) is 15.9. The molecule has 4 rings (SSSR count). The molecule has 1 amide bonds. The molecule has 9 heteroatoms. The van der Waals surface area contributed by atoms with Crippen LogP contribution in [-0.4, -0.2) is 16.6 Å². The zero-order chi connectivity index (χ0) is 26.1. The zero-order valence-electron chi connectivity index (χ0n) is 18.6. The van der Waals surface area contributed by atoms with Gasteiger partial charge in [-0.3, -0.25) is 4.79 Å². The minimum atomic E-state index is -4.67. The standard InChI is InChI=1S/C27H19Cl2F4NO2/c28-21-8-7-19(15-22(21)29)34-24(35)26(36,11-10-17-4-2-1-3-5-17)16-25(12-13-25)20-14-18(27(31,32)33)6-9-23(20)30/h1-9,14-15,36H,12-13,16H2,(H,34,35). The molecule has 1 unspecified atom stereocenters. The molecular weight excluding hydrogens is 517 g/mol. The van der Waals surface area contributed by atoms with Crippen LogP contribution < -0.4 is 5.32 Å². The fourth-order valence-corrected chi connectivity index (χ4v) is 4.27. The van der Waals surface area contributed by atoms with Crippen LogP contribution in [0.2, 0.25) is 10.0 Å². The van der Waals surface area contributed by atoms with Crippen molar-refractivity contribution >= 4 is 34.8 Å². The Morgan fingerprint density at radius 2 is 1.69 bits per heavy atom. The van der Waals surface area contributed by atoms with E-state index >= 15 is 0 Å². The summed E-state index contributed by atoms with van der Waals surface area (Å²) >= 11 is 11.9. The third kappa shape index (κ3) is 5.67. The summed E-state index contributed by atoms with van der Waals surface area (Å²) in [5.74, 6) is 3.55. The second-order valence-corrected chi connectivity index (χ2v) is 9.52. The highest BCUT2D eigenvalue weighted by Crippen LogP contribution is 2.55. The third-order valence-electron chi connectivity index (χ3n) is 6.05. The van der Waals surface area contributed by atoms with Crippen LogP contribution in [-0.2, 0) is 16.4 Å². The number of amides is 1. The molecule has 0 saturated heterocycles. The molecule has 186 valence electrons. The lowest BCUT2D eigenvalue weighted by Crippen LogP contribution is -2.44. The first-order valence-electron chi connectivity index (χ1n) is 10.9. The van der Waals surface area contributed by atoms with Crippen LogP contribution in [0, 0.1) is 17.7 Å². The molecule has 2 N–H and O–H groups in total. The topological polar surface area (TPSA) is 49.3 Å². The smallest absolute Gasteiger partial charge is 0.369 e. The van der Waals surface area contributed by atoms with Gasteiger partial charge in [0, 0.05) is 23.1 Å². The monoisotopic (exact) mass is 535 g/mol. The van der Waals surface area contributed by atoms with Gasteiger partial charge in [-0.1, -0.05) is 53.2 Å². The van der Waals surface area contributed by atoms with Crippen molar-refractivity contribution in [3.8, 4) is 11.8 Å². The number of hydrogen-bond acceptors (Lipinski definition) is 2. The molecule has 0 radical (unpaired) electrons. The number of hydrogen-bond donors (Lipinski definition) is 2. The van der Waals surface area contributed by atoms with Crippen LogP contribution in [0.25, 0.3) is 0 Å². The average molecular weight is 536 g/mol. The van der Waals surface area contributed by atoms with E-state index in [0.29, 0.717) is 11.6 Å². The molecule has 1 aliphatic carbocycles. The van der Waals surface area contributed by atoms with E-state index in [1.807, 2.05) is 0 Å². The molecule has 0 aliphatic heterocycles. The highest BCUT2D eigenvalue weighted by atomic mass is 35.5. The SMILES string of the molecule is O=C(Nc1ccc(Cl)c(Cl)c1)C(O)(C#Cc1ccccc1)CC1(c2cc(C(F)(F)F)ccc2F)CC1. The van der Waals surface area contributed by atoms with Crippen molar-refractivity contribution in [2.75, 3.05) is 5.32 Å². The minimum absolute atomic E-state index is 0.165. The number of carbonyl (C=O) groups is 1. The van der Waals surface area contributed by atoms with Gasteiger partial charge in [0.2, 0.25) is 5.60 Å². The summed E-state index contributed by atoms with van der Waals surface area (Å²) in [7, 11) is 0. The molecule has 0 bridgehead atoms. The van der Waals surface area contributed by atoms with Crippen molar-refractivity contribution in [3.63, 3.8) is 0 Å². The number of carbonyl (C=O) groups excluding carboxylic acids is 1. The number of benzene rings is 3. The maximum absolute atomic E-state index is 14.7. The van der Waals surface area contributed by atoms with Crippen LogP contribution in [0.5, 0.6) is 0 Å². The van der Waals surface area contributed by atoms with Crippen molar-refractivity contribution in [2.45, 2.75) is 36.5 Å². The number of anilines is 1. The van der Waals surface area contributed by atoms with E-state index in [4.69, 9.17) is 23.2 Å². The first-order valence-corrected chi connectivity index (χ1v) is 11.6. The molecule has 3 nitrogen and oxygen atoms in total. The lowest BCUT2D eigenvalue weighted by atomic mass is 9.81. The minimum Gasteiger partial charge on any atom is -0.369 e. The fourth-order valence-electron chi connectivity index (χ4n) is 3.98. The molecule has 0 aromatic heterocycles. The van der Waals surface area contributed by atoms with Crippen LogP contribution in [0.1, 0.15) is 36.0 Å². The summed E-state index contributed by atoms with van der Waals surface area (Å²) < 4.78 is 54.7. The van der Waals surface area contributed by atoms with Gasteiger partial charge < -0.3 is 10.4 Å². The van der Waals surface area contributed by atoms with Crippen LogP contribution in [0.15, 0.2) is 66.7 Å². The molecule has 3 aromatic carbocycles. The average Bonchev–Trinajstić information content (AvgIpc) is 3.60. The van der Waals surface area contributed by atoms with Crippen molar-refractivity contribution in [2.24, 2.45) is 0 Å². The summed E-state index contributed by atoms with van der Waals surface area (Å²) in [6.07, 6.45) is -4.53. The second-order valence-electron chi connectivity index (χ2n) is 8.71. The number of rotatable bonds is 5. The van der Waals surface area contributed by atoms with E-state index in [9.17, 15) is 27.5 Å². The summed E-state index contributed by atoms with van der Waals surface area (Å²) in [6.45, 7) is 0. The number of halogens is 6. The molecule has 0 spiro atoms. The Morgan fingerprint density at radius 3 is 2.31 bits per heavy atom. The van der Waals surface area contributed by atoms with Crippen molar-refractivity contribution < 1.29 is 27.5 Å². The van der Waals surface area contributed by atoms with E-state index in [0.717, 1.165) is 12.1 Å². The van der Waals surface area contributed by atoms with Crippen molar-refractivity contribution in [3.05, 3.63) is 99.3 Å². The first-order chi connectivity index (χ1) is 16.9. The molecule has 36 heavy (non-hydrogen) atoms. The molecule has 1 saturated carbocycles. The Bertz CT molecular complexity index is 1360. The summed E-state index contributed by atoms with van der Waals surface area (Å²) in [5.41, 5.74) is -4.04. The summed E-state index contributed by atoms with van der Waals surface area (Å²) in [5, 5.41) is 14.4. The highest BCUT2D eigenvalue weighted by molar-refractivity contribution is 6.42. The summed E-state index contributed by atoms with van der Waals surface area (Å²) in [4.78, 5) is 13.3. The van der Waals surface area contributed by atoms with Crippen LogP contribution >= 0.6 is 23.2 Å². The third-order valence-corrected chi connectivity index (χ3v) is 6.79. The number of alkyl halides is 3. The Balaban J connectivity index is 1.72. The van der Waals surface area contributed by atoms with Crippen LogP contribution in [0.4, 0.5) is 23.2 Å². The molecule has 1 atom stereocenters. The lowest BCUT2D eigenvalue weighted by molar-refractivity contribution is -0.137. The molecule has 1 aliphatic rings. The molecule has 3 aromatic rings. The maximum atomic E-state index is 14.7. The summed E-state index contributed by atoms with van der Waals surface area (Å²) in [6, 6.07) is 15.0. The zero-order valence-corrected chi connectivity index (χ0v) is 20.1. The first kappa shape index (κ1) is 26.0. The Hall–Kier alpha value is -3.05. The van der Waals surface area contributed by atoms with Crippen molar-refractivity contribution in [1.82, 2.24) is 0 Å². The van der Waals surface area contributed by atoms with Gasteiger partial charge in [0.1, 0.15) is 5.82 Å². The predicted molar refractivity (Wildman–Crippen MR) is 130 cm³/mol. The predicted octanol–water partition coefficient (Wildman–Crippen LogP) is 6.99. The van der Waals surface area contributed by atoms with Gasteiger partial charge in [0.15, 0.2) is 0 Å². The van der Waals surface area contributed by atoms with E-state index in [-0.39, 0.29) is 34.1 Å². The van der Waals surface area contributed by atoms with E-state index in [1.54, 1.807) is 30.3 Å². The Morgan fingerprint density at radius 1 is 1.00 bits per heavy atom. The molecule has 1 fully saturated rings. The van der Waals surface area contributed by atoms with E-state index < -0.39 is 40.9 Å². The van der Waals surface area contributed by atoms with Gasteiger partial charge >= 0.3 is 6.18 Å². The van der Waals surface area contributed by atoms with Gasteiger partial charge in [0.05, 0.1) is 15.6 Å². The largest absolute Gasteiger partial charge is 0.416 e. The molecule has 0 heterocycles. The number of aliphatic hydroxyl groups is 1. The maximum Gasteiger partial charge on any atom is 0.416 e. The highest BCUT2D eigenvalue weighted by Gasteiger charge is 2.53. The van der Waals surface area contributed by atoms with Gasteiger partial charge in [0.25, 0.3) is 5.91 Å². The van der Waals surface area contributed by atoms with Gasteiger partial charge in [-0.15, -0.1) is 0 Å². The van der Waals surface area contributed by atoms with E-state index in [1.165, 1.54) is 18.2 Å². The Kier molecular flexibility index (Phi) is 7.07. The van der Waals surface area contributed by atoms with Gasteiger partial charge in [-0.25, -0.2) is 4.39 Å². The number of nitrogens with one attached hydrogen (secondary N) is 1. The fraction of sp³-hybridized carbons (Fsp3) is 0.222. The lowest BCUT2D eigenvalue weighted by Gasteiger charge is -2.28. The quantitative estimate of drug-likeness (QED) is 0.273. The van der Waals surface area contributed by atoms with Crippen LogP contribution in [0.3, 0.4) is 0 Å². The van der Waals surface area contributed by atoms with E-state index in [2.05, 4.69) is 17.2 Å². The second kappa shape index (κ2) is 9.78. The van der Waals surface area contributed by atoms with Crippen molar-refractivity contribution in [1.29, 1.82) is 0 Å². The Labute approximate surface area is 215 Å². The van der Waals surface area contributed by atoms with Gasteiger partial charge in [-0.05, 0) is 66.9 Å². The molecular formula is C27H19Cl2F4NO2.